The number of methoxy groups -OCH3 is 1. The summed E-state index contributed by atoms with van der Waals surface area (Å²) in [4.78, 5) is 34.1. The van der Waals surface area contributed by atoms with Gasteiger partial charge in [-0.3, -0.25) is 9.59 Å². The minimum absolute atomic E-state index is 0.212. The van der Waals surface area contributed by atoms with Crippen molar-refractivity contribution in [2.75, 3.05) is 13.7 Å². The molecule has 4 aliphatic heterocycles. The molecule has 5 heterocycles. The molecule has 4 aliphatic rings. The molecule has 0 radical (unpaired) electrons. The van der Waals surface area contributed by atoms with E-state index in [0.29, 0.717) is 12.8 Å². The van der Waals surface area contributed by atoms with Crippen molar-refractivity contribution in [3.63, 3.8) is 0 Å². The fourth-order valence-corrected chi connectivity index (χ4v) is 6.12. The van der Waals surface area contributed by atoms with Crippen LogP contribution in [-0.2, 0) is 26.2 Å². The van der Waals surface area contributed by atoms with Gasteiger partial charge in [-0.05, 0) is 50.1 Å². The van der Waals surface area contributed by atoms with Gasteiger partial charge in [0.2, 0.25) is 5.91 Å². The SMILES string of the molecule is COC12C(=O)N3C=CC(C)(C)c4[nH]c5c6c(ccc5c4CC3C(=O)N1CCC2O)OC(C)(C)C=C6. The van der Waals surface area contributed by atoms with E-state index in [1.54, 1.807) is 6.20 Å². The molecule has 3 atom stereocenters. The van der Waals surface area contributed by atoms with Gasteiger partial charge in [0.15, 0.2) is 0 Å². The van der Waals surface area contributed by atoms with Crippen LogP contribution in [0.1, 0.15) is 50.9 Å². The molecule has 8 heteroatoms. The predicted octanol–water partition coefficient (Wildman–Crippen LogP) is 2.85. The van der Waals surface area contributed by atoms with Gasteiger partial charge < -0.3 is 29.4 Å². The zero-order chi connectivity index (χ0) is 24.9. The number of benzene rings is 1. The minimum Gasteiger partial charge on any atom is -0.483 e. The molecule has 1 aromatic carbocycles. The number of hydrogen-bond acceptors (Lipinski definition) is 5. The highest BCUT2D eigenvalue weighted by Gasteiger charge is 2.63. The predicted molar refractivity (Wildman–Crippen MR) is 131 cm³/mol. The van der Waals surface area contributed by atoms with Crippen molar-refractivity contribution < 1.29 is 24.2 Å². The summed E-state index contributed by atoms with van der Waals surface area (Å²) in [5.74, 6) is 0.200. The van der Waals surface area contributed by atoms with E-state index < -0.39 is 29.2 Å². The lowest BCUT2D eigenvalue weighted by Crippen LogP contribution is -2.72. The van der Waals surface area contributed by atoms with E-state index in [0.717, 1.165) is 33.5 Å². The van der Waals surface area contributed by atoms with Gasteiger partial charge in [-0.15, -0.1) is 0 Å². The number of hydrogen-bond donors (Lipinski definition) is 2. The number of nitrogens with one attached hydrogen (secondary N) is 1. The molecule has 2 fully saturated rings. The molecule has 2 aromatic rings. The summed E-state index contributed by atoms with van der Waals surface area (Å²) in [6.07, 6.45) is 7.37. The Kier molecular flexibility index (Phi) is 4.46. The maximum Gasteiger partial charge on any atom is 0.283 e. The van der Waals surface area contributed by atoms with Crippen molar-refractivity contribution in [3.8, 4) is 5.75 Å². The summed E-state index contributed by atoms with van der Waals surface area (Å²) in [5.41, 5.74) is 1.48. The average Bonchev–Trinajstić information content (AvgIpc) is 3.34. The van der Waals surface area contributed by atoms with E-state index in [2.05, 4.69) is 24.9 Å². The number of piperazine rings is 1. The second-order valence-corrected chi connectivity index (χ2v) is 11.1. The highest BCUT2D eigenvalue weighted by Crippen LogP contribution is 2.44. The van der Waals surface area contributed by atoms with Crippen LogP contribution in [-0.4, -0.2) is 68.8 Å². The third-order valence-corrected chi connectivity index (χ3v) is 8.02. The smallest absolute Gasteiger partial charge is 0.283 e. The monoisotopic (exact) mass is 477 g/mol. The van der Waals surface area contributed by atoms with Crippen LogP contribution in [0.2, 0.25) is 0 Å². The van der Waals surface area contributed by atoms with Crippen molar-refractivity contribution in [3.05, 3.63) is 47.3 Å². The van der Waals surface area contributed by atoms with Gasteiger partial charge in [-0.2, -0.15) is 0 Å². The zero-order valence-electron chi connectivity index (χ0n) is 20.7. The van der Waals surface area contributed by atoms with Crippen LogP contribution in [0, 0.1) is 0 Å². The fraction of sp³-hybridized carbons (Fsp3) is 0.481. The van der Waals surface area contributed by atoms with E-state index in [4.69, 9.17) is 9.47 Å². The molecule has 0 saturated carbocycles. The quantitative estimate of drug-likeness (QED) is 0.659. The average molecular weight is 478 g/mol. The molecule has 3 unspecified atom stereocenters. The number of amides is 2. The topological polar surface area (TPSA) is 95.1 Å². The lowest BCUT2D eigenvalue weighted by Gasteiger charge is -2.48. The minimum atomic E-state index is -1.67. The number of rotatable bonds is 1. The molecule has 184 valence electrons. The normalized spacial score (nSPS) is 30.3. The molecule has 6 rings (SSSR count). The van der Waals surface area contributed by atoms with Crippen LogP contribution < -0.4 is 4.74 Å². The molecule has 2 amide bonds. The van der Waals surface area contributed by atoms with Gasteiger partial charge in [0.25, 0.3) is 11.6 Å². The zero-order valence-corrected chi connectivity index (χ0v) is 20.7. The Morgan fingerprint density at radius 3 is 2.69 bits per heavy atom. The molecule has 2 saturated heterocycles. The van der Waals surface area contributed by atoms with Crippen molar-refractivity contribution >= 4 is 28.8 Å². The van der Waals surface area contributed by atoms with Crippen molar-refractivity contribution in [1.82, 2.24) is 14.8 Å². The Labute approximate surface area is 204 Å². The van der Waals surface area contributed by atoms with Gasteiger partial charge in [0.05, 0.1) is 5.52 Å². The number of aromatic nitrogens is 1. The number of H-pyrrole nitrogens is 1. The lowest BCUT2D eigenvalue weighted by molar-refractivity contribution is -0.210. The number of allylic oxidation sites excluding steroid dienone is 1. The summed E-state index contributed by atoms with van der Waals surface area (Å²) in [5, 5.41) is 11.7. The maximum absolute atomic E-state index is 13.8. The van der Waals surface area contributed by atoms with Gasteiger partial charge in [-0.1, -0.05) is 19.9 Å². The van der Waals surface area contributed by atoms with E-state index >= 15 is 0 Å². The van der Waals surface area contributed by atoms with Crippen LogP contribution >= 0.6 is 0 Å². The number of nitrogens with zero attached hydrogens (tertiary/aromatic N) is 2. The Bertz CT molecular complexity index is 1340. The molecule has 35 heavy (non-hydrogen) atoms. The van der Waals surface area contributed by atoms with Gasteiger partial charge >= 0.3 is 0 Å². The van der Waals surface area contributed by atoms with Crippen LogP contribution in [0.5, 0.6) is 5.75 Å². The molecule has 0 spiro atoms. The van der Waals surface area contributed by atoms with Gasteiger partial charge in [0.1, 0.15) is 23.5 Å². The summed E-state index contributed by atoms with van der Waals surface area (Å²) < 4.78 is 11.8. The van der Waals surface area contributed by atoms with Crippen molar-refractivity contribution in [2.45, 2.75) is 69.4 Å². The van der Waals surface area contributed by atoms with Crippen molar-refractivity contribution in [1.29, 1.82) is 0 Å². The highest BCUT2D eigenvalue weighted by atomic mass is 16.5. The van der Waals surface area contributed by atoms with E-state index in [1.807, 2.05) is 38.1 Å². The Balaban J connectivity index is 1.52. The molecule has 8 nitrogen and oxygen atoms in total. The third kappa shape index (κ3) is 2.87. The molecule has 2 N–H and O–H groups in total. The van der Waals surface area contributed by atoms with Gasteiger partial charge in [-0.25, -0.2) is 0 Å². The van der Waals surface area contributed by atoms with E-state index in [-0.39, 0.29) is 18.1 Å². The second-order valence-electron chi connectivity index (χ2n) is 11.1. The summed E-state index contributed by atoms with van der Waals surface area (Å²) >= 11 is 0. The first kappa shape index (κ1) is 22.4. The fourth-order valence-electron chi connectivity index (χ4n) is 6.12. The first-order valence-corrected chi connectivity index (χ1v) is 12.1. The molecular weight excluding hydrogens is 446 g/mol. The number of aliphatic hydroxyl groups is 1. The number of carbonyl (C=O) groups is 2. The van der Waals surface area contributed by atoms with Crippen molar-refractivity contribution in [2.24, 2.45) is 0 Å². The van der Waals surface area contributed by atoms with Crippen LogP contribution in [0.15, 0.2) is 30.5 Å². The maximum atomic E-state index is 13.8. The summed E-state index contributed by atoms with van der Waals surface area (Å²) in [6.45, 7) is 8.49. The van der Waals surface area contributed by atoms with E-state index in [1.165, 1.54) is 16.9 Å². The Morgan fingerprint density at radius 2 is 1.94 bits per heavy atom. The Morgan fingerprint density at radius 1 is 1.17 bits per heavy atom. The molecular formula is C27H31N3O5. The lowest BCUT2D eigenvalue weighted by atomic mass is 9.82. The summed E-state index contributed by atoms with van der Waals surface area (Å²) in [6, 6.07) is 3.30. The third-order valence-electron chi connectivity index (χ3n) is 8.02. The number of aliphatic hydroxyl groups excluding tert-OH is 1. The first-order chi connectivity index (χ1) is 16.5. The standard InChI is InChI=1S/C27H31N3O5/c1-25(2)11-13-29-18(23(32)30-12-9-20(31)27(30,34-5)24(29)33)14-17-15-6-7-19-16(21(15)28-22(17)25)8-10-26(3,4)35-19/h6-8,10-11,13,18,20,28,31H,9,12,14H2,1-5H3. The molecule has 0 bridgehead atoms. The van der Waals surface area contributed by atoms with E-state index in [9.17, 15) is 14.7 Å². The van der Waals surface area contributed by atoms with Crippen LogP contribution in [0.25, 0.3) is 17.0 Å². The number of ether oxygens (including phenoxy) is 2. The number of aromatic amines is 1. The number of carbonyl (C=O) groups excluding carboxylic acids is 2. The van der Waals surface area contributed by atoms with Gasteiger partial charge in [0, 0.05) is 48.3 Å². The highest BCUT2D eigenvalue weighted by molar-refractivity contribution is 6.02. The first-order valence-electron chi connectivity index (χ1n) is 12.1. The molecule has 0 aliphatic carbocycles. The molecule has 1 aromatic heterocycles. The Hall–Kier alpha value is -3.10. The van der Waals surface area contributed by atoms with Crippen LogP contribution in [0.4, 0.5) is 0 Å². The number of fused-ring (bicyclic) bond motifs is 7. The second kappa shape index (κ2) is 6.98. The largest absolute Gasteiger partial charge is 0.483 e. The van der Waals surface area contributed by atoms with Crippen LogP contribution in [0.3, 0.4) is 0 Å². The summed E-state index contributed by atoms with van der Waals surface area (Å²) in [7, 11) is 1.38.